The molecule has 1 aromatic heterocycles. The molecular formula is C29H34N2O7. The Morgan fingerprint density at radius 2 is 1.71 bits per heavy atom. The second kappa shape index (κ2) is 12.0. The van der Waals surface area contributed by atoms with Crippen LogP contribution in [0.25, 0.3) is 0 Å². The molecule has 2 atom stereocenters. The average Bonchev–Trinajstić information content (AvgIpc) is 3.45. The molecule has 2 aromatic carbocycles. The van der Waals surface area contributed by atoms with Gasteiger partial charge in [-0.25, -0.2) is 0 Å². The van der Waals surface area contributed by atoms with E-state index in [0.717, 1.165) is 37.2 Å². The van der Waals surface area contributed by atoms with Gasteiger partial charge in [0, 0.05) is 19.0 Å². The Kier molecular flexibility index (Phi) is 8.58. The average molecular weight is 523 g/mol. The van der Waals surface area contributed by atoms with Crippen molar-refractivity contribution in [3.8, 4) is 23.0 Å². The summed E-state index contributed by atoms with van der Waals surface area (Å²) >= 11 is 0. The molecule has 0 unspecified atom stereocenters. The van der Waals surface area contributed by atoms with Crippen molar-refractivity contribution in [3.63, 3.8) is 0 Å². The minimum Gasteiger partial charge on any atom is -0.504 e. The largest absolute Gasteiger partial charge is 0.504 e. The summed E-state index contributed by atoms with van der Waals surface area (Å²) in [5, 5.41) is 23.7. The van der Waals surface area contributed by atoms with E-state index in [1.54, 1.807) is 26.2 Å². The van der Waals surface area contributed by atoms with Crippen LogP contribution in [-0.2, 0) is 4.79 Å². The molecule has 38 heavy (non-hydrogen) atoms. The second-order valence-electron chi connectivity index (χ2n) is 9.46. The van der Waals surface area contributed by atoms with Crippen molar-refractivity contribution in [1.82, 2.24) is 10.2 Å². The predicted octanol–water partition coefficient (Wildman–Crippen LogP) is 3.85. The molecule has 202 valence electrons. The van der Waals surface area contributed by atoms with Crippen molar-refractivity contribution in [3.05, 3.63) is 81.4 Å². The highest BCUT2D eigenvalue weighted by Crippen LogP contribution is 2.37. The fourth-order valence-electron chi connectivity index (χ4n) is 4.94. The van der Waals surface area contributed by atoms with E-state index in [9.17, 15) is 19.8 Å². The summed E-state index contributed by atoms with van der Waals surface area (Å²) in [5.74, 6) is -0.403. The first-order valence-electron chi connectivity index (χ1n) is 12.7. The maximum atomic E-state index is 13.3. The van der Waals surface area contributed by atoms with Gasteiger partial charge in [0.2, 0.25) is 17.1 Å². The van der Waals surface area contributed by atoms with Crippen LogP contribution in [-0.4, -0.2) is 54.9 Å². The van der Waals surface area contributed by atoms with Gasteiger partial charge in [0.05, 0.1) is 26.2 Å². The molecule has 9 heteroatoms. The maximum absolute atomic E-state index is 13.3. The summed E-state index contributed by atoms with van der Waals surface area (Å²) in [6.07, 6.45) is 2.12. The van der Waals surface area contributed by atoms with Gasteiger partial charge in [0.1, 0.15) is 11.5 Å². The van der Waals surface area contributed by atoms with E-state index in [1.165, 1.54) is 19.2 Å². The third kappa shape index (κ3) is 6.11. The zero-order chi connectivity index (χ0) is 27.2. The molecule has 2 heterocycles. The van der Waals surface area contributed by atoms with Gasteiger partial charge < -0.3 is 29.4 Å². The van der Waals surface area contributed by atoms with Crippen LogP contribution in [0, 0.1) is 6.92 Å². The van der Waals surface area contributed by atoms with Crippen molar-refractivity contribution in [2.45, 2.75) is 38.1 Å². The molecule has 1 fully saturated rings. The van der Waals surface area contributed by atoms with Gasteiger partial charge in [-0.2, -0.15) is 0 Å². The van der Waals surface area contributed by atoms with Gasteiger partial charge in [-0.05, 0) is 68.2 Å². The highest BCUT2D eigenvalue weighted by Gasteiger charge is 2.28. The van der Waals surface area contributed by atoms with Crippen LogP contribution in [0.2, 0.25) is 0 Å². The Morgan fingerprint density at radius 1 is 1.03 bits per heavy atom. The number of nitrogens with zero attached hydrogens (tertiary/aromatic N) is 1. The number of rotatable bonds is 10. The highest BCUT2D eigenvalue weighted by atomic mass is 16.5. The molecule has 1 aliphatic heterocycles. The molecule has 0 saturated carbocycles. The third-order valence-electron chi connectivity index (χ3n) is 6.96. The number of carbonyl (C=O) groups is 1. The highest BCUT2D eigenvalue weighted by molar-refractivity contribution is 5.77. The predicted molar refractivity (Wildman–Crippen MR) is 142 cm³/mol. The Morgan fingerprint density at radius 3 is 2.37 bits per heavy atom. The first-order chi connectivity index (χ1) is 18.3. The van der Waals surface area contributed by atoms with Crippen LogP contribution in [0.4, 0.5) is 0 Å². The Balaban J connectivity index is 1.59. The number of hydrogen-bond acceptors (Lipinski definition) is 8. The van der Waals surface area contributed by atoms with Crippen LogP contribution >= 0.6 is 0 Å². The first-order valence-corrected chi connectivity index (χ1v) is 12.7. The van der Waals surface area contributed by atoms with Crippen LogP contribution in [0.5, 0.6) is 23.0 Å². The second-order valence-corrected chi connectivity index (χ2v) is 9.46. The lowest BCUT2D eigenvalue weighted by Crippen LogP contribution is -2.37. The number of methoxy groups -OCH3 is 2. The molecule has 3 N–H and O–H groups in total. The number of aromatic hydroxyl groups is 2. The third-order valence-corrected chi connectivity index (χ3v) is 6.96. The molecule has 1 saturated heterocycles. The number of amides is 1. The molecule has 4 rings (SSSR count). The topological polar surface area (TPSA) is 121 Å². The number of benzene rings is 2. The van der Waals surface area contributed by atoms with Crippen molar-refractivity contribution in [1.29, 1.82) is 0 Å². The summed E-state index contributed by atoms with van der Waals surface area (Å²) in [5.41, 5.74) is 1.04. The Hall–Kier alpha value is -3.98. The lowest BCUT2D eigenvalue weighted by Gasteiger charge is -2.28. The first kappa shape index (κ1) is 27.1. The lowest BCUT2D eigenvalue weighted by molar-refractivity contribution is -0.121. The minimum atomic E-state index is -0.789. The van der Waals surface area contributed by atoms with Gasteiger partial charge in [-0.1, -0.05) is 18.2 Å². The summed E-state index contributed by atoms with van der Waals surface area (Å²) in [4.78, 5) is 28.0. The number of phenols is 1. The number of hydrogen-bond donors (Lipinski definition) is 3. The number of ether oxygens (including phenoxy) is 2. The van der Waals surface area contributed by atoms with Crippen molar-refractivity contribution < 1.29 is 28.9 Å². The van der Waals surface area contributed by atoms with Crippen molar-refractivity contribution in [2.24, 2.45) is 0 Å². The van der Waals surface area contributed by atoms with E-state index in [4.69, 9.17) is 13.9 Å². The Labute approximate surface area is 221 Å². The van der Waals surface area contributed by atoms with Gasteiger partial charge in [-0.3, -0.25) is 14.5 Å². The van der Waals surface area contributed by atoms with E-state index in [0.29, 0.717) is 17.9 Å². The maximum Gasteiger partial charge on any atom is 0.227 e. The molecule has 0 bridgehead atoms. The molecule has 0 spiro atoms. The number of nitrogens with one attached hydrogen (secondary N) is 1. The van der Waals surface area contributed by atoms with Crippen LogP contribution in [0.15, 0.2) is 57.7 Å². The van der Waals surface area contributed by atoms with E-state index in [1.807, 2.05) is 24.3 Å². The Bertz CT molecular complexity index is 1310. The number of carbonyl (C=O) groups excluding carboxylic acids is 1. The van der Waals surface area contributed by atoms with E-state index >= 15 is 0 Å². The fraction of sp³-hybridized carbons (Fsp3) is 0.379. The number of aryl methyl sites for hydroxylation is 1. The molecule has 0 radical (unpaired) electrons. The monoisotopic (exact) mass is 522 g/mol. The number of phenolic OH excluding ortho intramolecular Hbond substituents is 1. The van der Waals surface area contributed by atoms with Gasteiger partial charge >= 0.3 is 0 Å². The summed E-state index contributed by atoms with van der Waals surface area (Å²) < 4.78 is 16.3. The summed E-state index contributed by atoms with van der Waals surface area (Å²) in [6, 6.07) is 13.7. The zero-order valence-electron chi connectivity index (χ0n) is 21.9. The van der Waals surface area contributed by atoms with Crippen LogP contribution in [0.1, 0.15) is 53.9 Å². The van der Waals surface area contributed by atoms with E-state index < -0.39 is 17.1 Å². The molecule has 9 nitrogen and oxygen atoms in total. The van der Waals surface area contributed by atoms with Crippen molar-refractivity contribution >= 4 is 5.91 Å². The van der Waals surface area contributed by atoms with Crippen LogP contribution < -0.4 is 20.2 Å². The lowest BCUT2D eigenvalue weighted by atomic mass is 9.91. The smallest absolute Gasteiger partial charge is 0.227 e. The zero-order valence-corrected chi connectivity index (χ0v) is 21.9. The molecule has 1 amide bonds. The van der Waals surface area contributed by atoms with E-state index in [2.05, 4.69) is 10.2 Å². The summed E-state index contributed by atoms with van der Waals surface area (Å²) in [7, 11) is 3.05. The number of likely N-dealkylation sites (tertiary alicyclic amines) is 1. The van der Waals surface area contributed by atoms with Gasteiger partial charge in [-0.15, -0.1) is 0 Å². The van der Waals surface area contributed by atoms with Gasteiger partial charge in [0.25, 0.3) is 0 Å². The van der Waals surface area contributed by atoms with Crippen LogP contribution in [0.3, 0.4) is 0 Å². The minimum absolute atomic E-state index is 0.00937. The summed E-state index contributed by atoms with van der Waals surface area (Å²) in [6.45, 7) is 3.89. The molecule has 3 aromatic rings. The normalized spacial score (nSPS) is 15.1. The fourth-order valence-corrected chi connectivity index (χ4v) is 4.94. The van der Waals surface area contributed by atoms with Gasteiger partial charge in [0.15, 0.2) is 17.3 Å². The molecular weight excluding hydrogens is 488 g/mol. The van der Waals surface area contributed by atoms with Crippen molar-refractivity contribution in [2.75, 3.05) is 33.9 Å². The van der Waals surface area contributed by atoms with E-state index in [-0.39, 0.29) is 35.6 Å². The molecule has 0 aliphatic carbocycles. The standard InChI is InChI=1S/C29H34N2O7/c1-18-14-25(33)28(35)29(38-18)22(20-8-11-24(32)26(15-20)37-3)16-27(34)30-17-23(31-12-4-5-13-31)19-6-9-21(36-2)10-7-19/h6-11,14-15,22-23,32,35H,4-5,12-13,16-17H2,1-3H3,(H,30,34)/t22-,23+/m1/s1. The molecule has 1 aliphatic rings. The SMILES string of the molecule is COc1ccc([C@H](CNC(=O)C[C@H](c2ccc(O)c(OC)c2)c2oc(C)cc(=O)c2O)N2CCCC2)cc1. The quantitative estimate of drug-likeness (QED) is 0.367.